The van der Waals surface area contributed by atoms with E-state index in [9.17, 15) is 13.2 Å². The van der Waals surface area contributed by atoms with Crippen LogP contribution in [0.4, 0.5) is 24.7 Å². The van der Waals surface area contributed by atoms with Crippen molar-refractivity contribution in [3.8, 4) is 11.8 Å². The lowest BCUT2D eigenvalue weighted by atomic mass is 10.2. The van der Waals surface area contributed by atoms with Crippen LogP contribution in [0.3, 0.4) is 0 Å². The third-order valence-electron chi connectivity index (χ3n) is 2.93. The van der Waals surface area contributed by atoms with Crippen LogP contribution in [0.1, 0.15) is 12.0 Å². The number of anilines is 2. The minimum absolute atomic E-state index is 0.0440. The lowest BCUT2D eigenvalue weighted by Crippen LogP contribution is -2.13. The van der Waals surface area contributed by atoms with E-state index in [4.69, 9.17) is 44.8 Å². The second kappa shape index (κ2) is 8.00. The van der Waals surface area contributed by atoms with Crippen molar-refractivity contribution in [2.24, 2.45) is 0 Å². The highest BCUT2D eigenvalue weighted by atomic mass is 35.5. The first-order chi connectivity index (χ1) is 11.7. The predicted molar refractivity (Wildman–Crippen MR) is 89.9 cm³/mol. The van der Waals surface area contributed by atoms with Crippen molar-refractivity contribution in [2.45, 2.75) is 12.6 Å². The molecule has 0 radical (unpaired) electrons. The quantitative estimate of drug-likeness (QED) is 0.615. The number of ether oxygens (including phenoxy) is 1. The van der Waals surface area contributed by atoms with E-state index in [2.05, 4.69) is 10.3 Å². The molecule has 1 heterocycles. The van der Waals surface area contributed by atoms with Gasteiger partial charge in [0.1, 0.15) is 22.4 Å². The smallest absolute Gasteiger partial charge is 0.392 e. The number of alkyl halides is 3. The van der Waals surface area contributed by atoms with Gasteiger partial charge in [0.15, 0.2) is 11.0 Å². The molecule has 0 aliphatic carbocycles. The van der Waals surface area contributed by atoms with Crippen molar-refractivity contribution in [3.05, 3.63) is 45.0 Å². The van der Waals surface area contributed by atoms with E-state index in [-0.39, 0.29) is 32.3 Å². The second-order valence-corrected chi connectivity index (χ2v) is 5.81. The van der Waals surface area contributed by atoms with Gasteiger partial charge in [0.25, 0.3) is 0 Å². The Labute approximate surface area is 156 Å². The largest absolute Gasteiger partial charge is 0.491 e. The molecule has 0 aliphatic heterocycles. The van der Waals surface area contributed by atoms with Gasteiger partial charge >= 0.3 is 6.18 Å². The first-order valence-corrected chi connectivity index (χ1v) is 7.86. The van der Waals surface area contributed by atoms with E-state index in [0.29, 0.717) is 5.69 Å². The summed E-state index contributed by atoms with van der Waals surface area (Å²) in [5.74, 6) is 0.212. The fraction of sp³-hybridized carbons (Fsp3) is 0.200. The van der Waals surface area contributed by atoms with Crippen LogP contribution in [-0.4, -0.2) is 17.8 Å². The normalized spacial score (nSPS) is 11.1. The summed E-state index contributed by atoms with van der Waals surface area (Å²) in [5.41, 5.74) is 0.240. The SMILES string of the molecule is N#Cc1c(Cl)nc(Nc2ccccc2OCCC(F)(F)F)c(Cl)c1Cl. The summed E-state index contributed by atoms with van der Waals surface area (Å²) < 4.78 is 41.9. The van der Waals surface area contributed by atoms with Crippen LogP contribution >= 0.6 is 34.8 Å². The number of nitrogens with zero attached hydrogens (tertiary/aromatic N) is 2. The van der Waals surface area contributed by atoms with Crippen molar-refractivity contribution in [3.63, 3.8) is 0 Å². The third kappa shape index (κ3) is 5.05. The van der Waals surface area contributed by atoms with Gasteiger partial charge in [-0.1, -0.05) is 46.9 Å². The van der Waals surface area contributed by atoms with Gasteiger partial charge in [0, 0.05) is 0 Å². The Bertz CT molecular complexity index is 822. The molecule has 1 aromatic carbocycles. The average Bonchev–Trinajstić information content (AvgIpc) is 2.53. The highest BCUT2D eigenvalue weighted by molar-refractivity contribution is 6.45. The molecular weight excluding hydrogens is 402 g/mol. The molecule has 0 fully saturated rings. The van der Waals surface area contributed by atoms with Gasteiger partial charge in [0.05, 0.1) is 23.7 Å². The predicted octanol–water partition coefficient (Wildman–Crippen LogP) is 5.99. The summed E-state index contributed by atoms with van der Waals surface area (Å²) in [6, 6.07) is 8.06. The minimum atomic E-state index is -4.32. The Kier molecular flexibility index (Phi) is 6.22. The van der Waals surface area contributed by atoms with Gasteiger partial charge < -0.3 is 10.1 Å². The van der Waals surface area contributed by atoms with Gasteiger partial charge in [0.2, 0.25) is 0 Å². The molecule has 4 nitrogen and oxygen atoms in total. The number of nitrogens with one attached hydrogen (secondary N) is 1. The zero-order valence-corrected chi connectivity index (χ0v) is 14.6. The molecule has 0 aliphatic rings. The highest BCUT2D eigenvalue weighted by Crippen LogP contribution is 2.37. The van der Waals surface area contributed by atoms with Crippen LogP contribution in [0.2, 0.25) is 15.2 Å². The molecule has 1 N–H and O–H groups in total. The number of para-hydroxylation sites is 2. The summed E-state index contributed by atoms with van der Waals surface area (Å²) in [5, 5.41) is 11.5. The Balaban J connectivity index is 2.26. The topological polar surface area (TPSA) is 57.9 Å². The van der Waals surface area contributed by atoms with Gasteiger partial charge in [-0.2, -0.15) is 18.4 Å². The molecule has 0 amide bonds. The molecule has 0 bridgehead atoms. The van der Waals surface area contributed by atoms with Crippen molar-refractivity contribution < 1.29 is 17.9 Å². The molecular formula is C15H9Cl3F3N3O. The lowest BCUT2D eigenvalue weighted by Gasteiger charge is -2.15. The molecule has 0 saturated carbocycles. The number of rotatable bonds is 5. The lowest BCUT2D eigenvalue weighted by molar-refractivity contribution is -0.139. The number of benzene rings is 1. The number of nitriles is 1. The molecule has 0 spiro atoms. The van der Waals surface area contributed by atoms with E-state index in [1.807, 2.05) is 0 Å². The summed E-state index contributed by atoms with van der Waals surface area (Å²) in [4.78, 5) is 3.94. The zero-order valence-electron chi connectivity index (χ0n) is 12.3. The van der Waals surface area contributed by atoms with Gasteiger partial charge in [-0.25, -0.2) is 4.98 Å². The second-order valence-electron chi connectivity index (χ2n) is 4.70. The van der Waals surface area contributed by atoms with E-state index in [1.54, 1.807) is 24.3 Å². The summed E-state index contributed by atoms with van der Waals surface area (Å²) in [6.07, 6.45) is -5.41. The number of pyridine rings is 1. The van der Waals surface area contributed by atoms with Crippen molar-refractivity contribution in [1.82, 2.24) is 4.98 Å². The van der Waals surface area contributed by atoms with Crippen molar-refractivity contribution in [2.75, 3.05) is 11.9 Å². The van der Waals surface area contributed by atoms with E-state index >= 15 is 0 Å². The average molecular weight is 411 g/mol. The van der Waals surface area contributed by atoms with Crippen LogP contribution < -0.4 is 10.1 Å². The van der Waals surface area contributed by atoms with Gasteiger partial charge in [-0.05, 0) is 12.1 Å². The van der Waals surface area contributed by atoms with E-state index in [1.165, 1.54) is 6.07 Å². The number of aromatic nitrogens is 1. The molecule has 2 aromatic rings. The summed E-state index contributed by atoms with van der Waals surface area (Å²) in [7, 11) is 0. The molecule has 25 heavy (non-hydrogen) atoms. The molecule has 0 unspecified atom stereocenters. The maximum Gasteiger partial charge on any atom is 0.392 e. The van der Waals surface area contributed by atoms with E-state index in [0.717, 1.165) is 0 Å². The minimum Gasteiger partial charge on any atom is -0.491 e. The Morgan fingerprint density at radius 1 is 1.16 bits per heavy atom. The third-order valence-corrected chi connectivity index (χ3v) is 4.05. The van der Waals surface area contributed by atoms with Crippen molar-refractivity contribution >= 4 is 46.3 Å². The fourth-order valence-electron chi connectivity index (χ4n) is 1.79. The highest BCUT2D eigenvalue weighted by Gasteiger charge is 2.27. The monoisotopic (exact) mass is 409 g/mol. The van der Waals surface area contributed by atoms with Crippen LogP contribution in [0.25, 0.3) is 0 Å². The van der Waals surface area contributed by atoms with Crippen LogP contribution in [-0.2, 0) is 0 Å². The van der Waals surface area contributed by atoms with E-state index < -0.39 is 19.2 Å². The Morgan fingerprint density at radius 2 is 1.84 bits per heavy atom. The number of halogens is 6. The van der Waals surface area contributed by atoms with Crippen LogP contribution in [0, 0.1) is 11.3 Å². The maximum absolute atomic E-state index is 12.2. The van der Waals surface area contributed by atoms with Crippen LogP contribution in [0.15, 0.2) is 24.3 Å². The fourth-order valence-corrected chi connectivity index (χ4v) is 2.46. The first kappa shape index (κ1) is 19.4. The molecule has 10 heteroatoms. The number of hydrogen-bond acceptors (Lipinski definition) is 4. The Morgan fingerprint density at radius 3 is 2.48 bits per heavy atom. The molecule has 1 aromatic heterocycles. The standard InChI is InChI=1S/C15H9Cl3F3N3O/c16-11-8(7-22)13(18)24-14(12(11)17)23-9-3-1-2-4-10(9)25-6-5-15(19,20)21/h1-4H,5-6H2,(H,23,24). The van der Waals surface area contributed by atoms with Crippen molar-refractivity contribution in [1.29, 1.82) is 5.26 Å². The molecule has 0 atom stereocenters. The van der Waals surface area contributed by atoms with Gasteiger partial charge in [-0.15, -0.1) is 0 Å². The molecule has 132 valence electrons. The summed E-state index contributed by atoms with van der Waals surface area (Å²) >= 11 is 17.9. The Hall–Kier alpha value is -1.88. The molecule has 0 saturated heterocycles. The van der Waals surface area contributed by atoms with Gasteiger partial charge in [-0.3, -0.25) is 0 Å². The van der Waals surface area contributed by atoms with Crippen LogP contribution in [0.5, 0.6) is 5.75 Å². The number of hydrogen-bond donors (Lipinski definition) is 1. The molecule has 2 rings (SSSR count). The maximum atomic E-state index is 12.2. The zero-order chi connectivity index (χ0) is 18.6. The summed E-state index contributed by atoms with van der Waals surface area (Å²) in [6.45, 7) is -0.543. The first-order valence-electron chi connectivity index (χ1n) is 6.73.